The number of rotatable bonds is 4. The second-order valence-corrected chi connectivity index (χ2v) is 5.37. The third kappa shape index (κ3) is 4.22. The lowest BCUT2D eigenvalue weighted by atomic mass is 9.98. The number of hydrogen-bond acceptors (Lipinski definition) is 5. The Morgan fingerprint density at radius 2 is 2.45 bits per heavy atom. The summed E-state index contributed by atoms with van der Waals surface area (Å²) >= 11 is 0. The first-order chi connectivity index (χ1) is 10.6. The van der Waals surface area contributed by atoms with Crippen LogP contribution in [-0.2, 0) is 16.1 Å². The lowest BCUT2D eigenvalue weighted by Crippen LogP contribution is -2.48. The number of piperidine rings is 1. The molecule has 1 aliphatic heterocycles. The second-order valence-electron chi connectivity index (χ2n) is 5.37. The molecule has 2 rings (SSSR count). The van der Waals surface area contributed by atoms with Crippen molar-refractivity contribution in [1.82, 2.24) is 15.4 Å². The van der Waals surface area contributed by atoms with Gasteiger partial charge in [-0.1, -0.05) is 5.16 Å². The molecule has 0 bridgehead atoms. The van der Waals surface area contributed by atoms with Crippen LogP contribution in [0.1, 0.15) is 31.2 Å². The van der Waals surface area contributed by atoms with E-state index in [1.165, 1.54) is 0 Å². The SMILES string of the molecule is CCOC(=O)[C@@H]1CCCN(C(=NC)NCc2cc(C)no2)C1. The zero-order valence-electron chi connectivity index (χ0n) is 13.5. The summed E-state index contributed by atoms with van der Waals surface area (Å²) in [4.78, 5) is 18.3. The molecule has 0 spiro atoms. The van der Waals surface area contributed by atoms with Gasteiger partial charge in [-0.25, -0.2) is 0 Å². The molecule has 0 saturated carbocycles. The van der Waals surface area contributed by atoms with Crippen LogP contribution in [0.25, 0.3) is 0 Å². The Morgan fingerprint density at radius 1 is 1.64 bits per heavy atom. The van der Waals surface area contributed by atoms with Crippen LogP contribution in [0.3, 0.4) is 0 Å². The second kappa shape index (κ2) is 7.82. The van der Waals surface area contributed by atoms with E-state index in [0.29, 0.717) is 19.7 Å². The standard InChI is InChI=1S/C15H24N4O3/c1-4-21-14(20)12-6-5-7-19(10-12)15(16-3)17-9-13-8-11(2)18-22-13/h8,12H,4-7,9-10H2,1-3H3,(H,16,17)/t12-/m1/s1. The van der Waals surface area contributed by atoms with E-state index < -0.39 is 0 Å². The molecule has 7 heteroatoms. The summed E-state index contributed by atoms with van der Waals surface area (Å²) in [5.74, 6) is 1.33. The fourth-order valence-corrected chi connectivity index (χ4v) is 2.62. The quantitative estimate of drug-likeness (QED) is 0.513. The topological polar surface area (TPSA) is 80.0 Å². The summed E-state index contributed by atoms with van der Waals surface area (Å²) in [7, 11) is 1.74. The highest BCUT2D eigenvalue weighted by Gasteiger charge is 2.28. The first-order valence-electron chi connectivity index (χ1n) is 7.68. The molecule has 1 aromatic rings. The number of nitrogens with zero attached hydrogens (tertiary/aromatic N) is 3. The molecule has 7 nitrogen and oxygen atoms in total. The van der Waals surface area contributed by atoms with Crippen molar-refractivity contribution in [3.63, 3.8) is 0 Å². The molecule has 0 radical (unpaired) electrons. The zero-order chi connectivity index (χ0) is 15.9. The van der Waals surface area contributed by atoms with Gasteiger partial charge in [-0.3, -0.25) is 9.79 Å². The van der Waals surface area contributed by atoms with Gasteiger partial charge in [-0.15, -0.1) is 0 Å². The van der Waals surface area contributed by atoms with Crippen LogP contribution in [0.2, 0.25) is 0 Å². The fourth-order valence-electron chi connectivity index (χ4n) is 2.62. The number of aliphatic imine (C=N–C) groups is 1. The van der Waals surface area contributed by atoms with Crippen molar-refractivity contribution in [2.75, 3.05) is 26.7 Å². The number of hydrogen-bond donors (Lipinski definition) is 1. The van der Waals surface area contributed by atoms with Gasteiger partial charge < -0.3 is 19.5 Å². The summed E-state index contributed by atoms with van der Waals surface area (Å²) < 4.78 is 10.3. The van der Waals surface area contributed by atoms with E-state index in [2.05, 4.69) is 20.4 Å². The number of nitrogens with one attached hydrogen (secondary N) is 1. The molecule has 0 aromatic carbocycles. The van der Waals surface area contributed by atoms with Crippen molar-refractivity contribution < 1.29 is 14.1 Å². The van der Waals surface area contributed by atoms with Crippen LogP contribution in [0, 0.1) is 12.8 Å². The molecule has 22 heavy (non-hydrogen) atoms. The van der Waals surface area contributed by atoms with Crippen LogP contribution < -0.4 is 5.32 Å². The third-order valence-electron chi connectivity index (χ3n) is 3.65. The van der Waals surface area contributed by atoms with Crippen molar-refractivity contribution in [3.05, 3.63) is 17.5 Å². The number of esters is 1. The van der Waals surface area contributed by atoms with Crippen molar-refractivity contribution in [2.45, 2.75) is 33.2 Å². The molecule has 1 saturated heterocycles. The van der Waals surface area contributed by atoms with E-state index >= 15 is 0 Å². The Kier molecular flexibility index (Phi) is 5.80. The Bertz CT molecular complexity index is 527. The highest BCUT2D eigenvalue weighted by atomic mass is 16.5. The van der Waals surface area contributed by atoms with Crippen LogP contribution in [-0.4, -0.2) is 48.7 Å². The molecule has 1 fully saturated rings. The van der Waals surface area contributed by atoms with E-state index in [9.17, 15) is 4.79 Å². The molecule has 1 aromatic heterocycles. The molecular weight excluding hydrogens is 284 g/mol. The van der Waals surface area contributed by atoms with E-state index in [-0.39, 0.29) is 11.9 Å². The van der Waals surface area contributed by atoms with Crippen LogP contribution in [0.15, 0.2) is 15.6 Å². The van der Waals surface area contributed by atoms with Crippen molar-refractivity contribution in [2.24, 2.45) is 10.9 Å². The Labute approximate surface area is 130 Å². The number of carbonyl (C=O) groups excluding carboxylic acids is 1. The summed E-state index contributed by atoms with van der Waals surface area (Å²) in [5.41, 5.74) is 0.854. The molecule has 1 atom stereocenters. The van der Waals surface area contributed by atoms with Gasteiger partial charge >= 0.3 is 5.97 Å². The molecule has 2 heterocycles. The normalized spacial score (nSPS) is 19.1. The summed E-state index contributed by atoms with van der Waals surface area (Å²) in [6.07, 6.45) is 1.82. The number of guanidine groups is 1. The molecule has 0 aliphatic carbocycles. The molecule has 1 N–H and O–H groups in total. The van der Waals surface area contributed by atoms with Crippen molar-refractivity contribution in [3.8, 4) is 0 Å². The van der Waals surface area contributed by atoms with Gasteiger partial charge in [0.05, 0.1) is 24.8 Å². The number of aryl methyl sites for hydroxylation is 1. The highest BCUT2D eigenvalue weighted by molar-refractivity contribution is 5.81. The van der Waals surface area contributed by atoms with Gasteiger partial charge in [0, 0.05) is 26.2 Å². The van der Waals surface area contributed by atoms with Gasteiger partial charge in [0.15, 0.2) is 11.7 Å². The van der Waals surface area contributed by atoms with E-state index in [1.54, 1.807) is 7.05 Å². The van der Waals surface area contributed by atoms with Crippen LogP contribution in [0.4, 0.5) is 0 Å². The number of ether oxygens (including phenoxy) is 1. The van der Waals surface area contributed by atoms with Gasteiger partial charge in [0.2, 0.25) is 0 Å². The summed E-state index contributed by atoms with van der Waals surface area (Å²) in [6, 6.07) is 1.89. The highest BCUT2D eigenvalue weighted by Crippen LogP contribution is 2.18. The van der Waals surface area contributed by atoms with E-state index in [0.717, 1.165) is 36.8 Å². The van der Waals surface area contributed by atoms with Crippen molar-refractivity contribution >= 4 is 11.9 Å². The van der Waals surface area contributed by atoms with E-state index in [1.807, 2.05) is 19.9 Å². The summed E-state index contributed by atoms with van der Waals surface area (Å²) in [6.45, 7) is 6.18. The predicted molar refractivity (Wildman–Crippen MR) is 82.4 cm³/mol. The Hall–Kier alpha value is -2.05. The molecule has 122 valence electrons. The number of carbonyl (C=O) groups is 1. The lowest BCUT2D eigenvalue weighted by Gasteiger charge is -2.33. The maximum Gasteiger partial charge on any atom is 0.310 e. The first-order valence-corrected chi connectivity index (χ1v) is 7.68. The average Bonchev–Trinajstić information content (AvgIpc) is 2.94. The molecule has 1 aliphatic rings. The number of aromatic nitrogens is 1. The fraction of sp³-hybridized carbons (Fsp3) is 0.667. The molecule has 0 unspecified atom stereocenters. The average molecular weight is 308 g/mol. The Morgan fingerprint density at radius 3 is 3.09 bits per heavy atom. The number of likely N-dealkylation sites (tertiary alicyclic amines) is 1. The smallest absolute Gasteiger partial charge is 0.310 e. The maximum atomic E-state index is 11.9. The van der Waals surface area contributed by atoms with Crippen LogP contribution in [0.5, 0.6) is 0 Å². The minimum Gasteiger partial charge on any atom is -0.466 e. The Balaban J connectivity index is 1.91. The van der Waals surface area contributed by atoms with Gasteiger partial charge in [-0.2, -0.15) is 0 Å². The summed E-state index contributed by atoms with van der Waals surface area (Å²) in [5, 5.41) is 7.11. The first kappa shape index (κ1) is 16.3. The van der Waals surface area contributed by atoms with Gasteiger partial charge in [0.1, 0.15) is 0 Å². The maximum absolute atomic E-state index is 11.9. The predicted octanol–water partition coefficient (Wildman–Crippen LogP) is 1.33. The molecular formula is C15H24N4O3. The monoisotopic (exact) mass is 308 g/mol. The minimum atomic E-state index is -0.117. The van der Waals surface area contributed by atoms with Crippen molar-refractivity contribution in [1.29, 1.82) is 0 Å². The van der Waals surface area contributed by atoms with Gasteiger partial charge in [-0.05, 0) is 26.7 Å². The van der Waals surface area contributed by atoms with E-state index in [4.69, 9.17) is 9.26 Å². The lowest BCUT2D eigenvalue weighted by molar-refractivity contribution is -0.149. The minimum absolute atomic E-state index is 0.0835. The third-order valence-corrected chi connectivity index (χ3v) is 3.65. The molecule has 0 amide bonds. The van der Waals surface area contributed by atoms with Gasteiger partial charge in [0.25, 0.3) is 0 Å². The largest absolute Gasteiger partial charge is 0.466 e. The van der Waals surface area contributed by atoms with Crippen LogP contribution >= 0.6 is 0 Å². The zero-order valence-corrected chi connectivity index (χ0v) is 13.5.